The van der Waals surface area contributed by atoms with Gasteiger partial charge in [-0.3, -0.25) is 15.0 Å². The molecule has 2 aliphatic rings. The van der Waals surface area contributed by atoms with Crippen molar-refractivity contribution in [3.63, 3.8) is 0 Å². The molecule has 0 saturated heterocycles. The Morgan fingerprint density at radius 1 is 0.974 bits per heavy atom. The Morgan fingerprint density at radius 2 is 1.67 bits per heavy atom. The van der Waals surface area contributed by atoms with Crippen LogP contribution in [0.15, 0.2) is 60.7 Å². The Labute approximate surface area is 232 Å². The Balaban J connectivity index is 1.51. The zero-order valence-electron chi connectivity index (χ0n) is 23.1. The van der Waals surface area contributed by atoms with Gasteiger partial charge >= 0.3 is 5.97 Å². The van der Waals surface area contributed by atoms with E-state index in [1.54, 1.807) is 6.07 Å². The van der Waals surface area contributed by atoms with Crippen LogP contribution in [0, 0.1) is 29.1 Å². The predicted molar refractivity (Wildman–Crippen MR) is 156 cm³/mol. The van der Waals surface area contributed by atoms with Gasteiger partial charge in [0.1, 0.15) is 5.84 Å². The van der Waals surface area contributed by atoms with Crippen molar-refractivity contribution in [3.05, 3.63) is 77.4 Å². The number of ether oxygens (including phenoxy) is 1. The summed E-state index contributed by atoms with van der Waals surface area (Å²) >= 11 is 0. The molecule has 2 atom stereocenters. The molecule has 39 heavy (non-hydrogen) atoms. The molecule has 4 rings (SSSR count). The van der Waals surface area contributed by atoms with Crippen molar-refractivity contribution in [2.75, 3.05) is 7.11 Å². The number of benzene rings is 2. The van der Waals surface area contributed by atoms with E-state index >= 15 is 0 Å². The zero-order valence-corrected chi connectivity index (χ0v) is 23.1. The summed E-state index contributed by atoms with van der Waals surface area (Å²) in [5.41, 5.74) is 8.16. The van der Waals surface area contributed by atoms with E-state index in [-0.39, 0.29) is 23.6 Å². The molecule has 0 radical (unpaired) electrons. The van der Waals surface area contributed by atoms with Gasteiger partial charge in [0.2, 0.25) is 5.91 Å². The largest absolute Gasteiger partial charge is 0.469 e. The number of amides is 1. The molecule has 2 saturated carbocycles. The number of carbonyl (C=O) groups is 2. The van der Waals surface area contributed by atoms with Crippen LogP contribution >= 0.6 is 0 Å². The SMILES string of the molecule is COC(=O)[C@H](Cc1cccc(C(=N)N)c1)[C@@H](/C=C/c1ccccc1)NC(=O)C1CCC(C2CCCCC2)CC1. The first kappa shape index (κ1) is 28.6. The van der Waals surface area contributed by atoms with Gasteiger partial charge in [-0.25, -0.2) is 0 Å². The van der Waals surface area contributed by atoms with E-state index in [0.717, 1.165) is 48.6 Å². The highest BCUT2D eigenvalue weighted by molar-refractivity contribution is 5.95. The maximum atomic E-state index is 13.6. The van der Waals surface area contributed by atoms with Crippen molar-refractivity contribution in [2.24, 2.45) is 29.4 Å². The third-order valence-corrected chi connectivity index (χ3v) is 8.69. The van der Waals surface area contributed by atoms with Gasteiger partial charge in [-0.05, 0) is 61.1 Å². The molecule has 2 fully saturated rings. The molecular formula is C33H43N3O3. The number of carbonyl (C=O) groups excluding carboxylic acids is 2. The number of nitrogen functional groups attached to an aromatic ring is 1. The number of amidine groups is 1. The number of hydrogen-bond acceptors (Lipinski definition) is 4. The van der Waals surface area contributed by atoms with Gasteiger partial charge in [0.25, 0.3) is 0 Å². The minimum atomic E-state index is -0.625. The van der Waals surface area contributed by atoms with Gasteiger partial charge in [0.05, 0.1) is 19.1 Å². The molecule has 0 unspecified atom stereocenters. The molecule has 2 aliphatic carbocycles. The second-order valence-corrected chi connectivity index (χ2v) is 11.3. The second kappa shape index (κ2) is 14.1. The zero-order chi connectivity index (χ0) is 27.6. The highest BCUT2D eigenvalue weighted by Gasteiger charge is 2.34. The maximum absolute atomic E-state index is 13.6. The van der Waals surface area contributed by atoms with Gasteiger partial charge < -0.3 is 15.8 Å². The Hall–Kier alpha value is -3.41. The van der Waals surface area contributed by atoms with E-state index in [2.05, 4.69) is 5.32 Å². The van der Waals surface area contributed by atoms with Crippen LogP contribution < -0.4 is 11.1 Å². The number of esters is 1. The highest BCUT2D eigenvalue weighted by atomic mass is 16.5. The lowest BCUT2D eigenvalue weighted by atomic mass is 9.71. The number of hydrogen-bond donors (Lipinski definition) is 3. The predicted octanol–water partition coefficient (Wildman–Crippen LogP) is 5.89. The molecule has 0 aliphatic heterocycles. The summed E-state index contributed by atoms with van der Waals surface area (Å²) in [6.45, 7) is 0. The van der Waals surface area contributed by atoms with E-state index in [4.69, 9.17) is 15.9 Å². The Morgan fingerprint density at radius 3 is 2.33 bits per heavy atom. The van der Waals surface area contributed by atoms with Gasteiger partial charge in [-0.2, -0.15) is 0 Å². The lowest BCUT2D eigenvalue weighted by molar-refractivity contribution is -0.146. The summed E-state index contributed by atoms with van der Waals surface area (Å²) in [5.74, 6) is 0.539. The lowest BCUT2D eigenvalue weighted by Crippen LogP contribution is -2.46. The molecule has 6 nitrogen and oxygen atoms in total. The van der Waals surface area contributed by atoms with Crippen molar-refractivity contribution < 1.29 is 14.3 Å². The lowest BCUT2D eigenvalue weighted by Gasteiger charge is -2.36. The van der Waals surface area contributed by atoms with Crippen LogP contribution in [0.25, 0.3) is 6.08 Å². The number of nitrogens with one attached hydrogen (secondary N) is 2. The van der Waals surface area contributed by atoms with E-state index < -0.39 is 12.0 Å². The van der Waals surface area contributed by atoms with Gasteiger partial charge in [-0.15, -0.1) is 0 Å². The van der Waals surface area contributed by atoms with E-state index in [9.17, 15) is 9.59 Å². The molecule has 6 heteroatoms. The van der Waals surface area contributed by atoms with Gasteiger partial charge in [-0.1, -0.05) is 92.8 Å². The first-order chi connectivity index (χ1) is 18.9. The van der Waals surface area contributed by atoms with Crippen LogP contribution in [-0.4, -0.2) is 30.9 Å². The first-order valence-corrected chi connectivity index (χ1v) is 14.5. The molecule has 0 heterocycles. The standard InChI is InChI=1S/C33H43N3O3/c1-39-33(38)29(22-24-11-8-14-28(21-24)31(34)35)30(20-15-23-9-4-2-5-10-23)36-32(37)27-18-16-26(17-19-27)25-12-6-3-7-13-25/h2,4-5,8-11,14-15,20-21,25-27,29-30H,3,6-7,12-13,16-19,22H2,1H3,(H3,34,35)(H,36,37)/b20-15+/t26?,27?,29-,30-/m1/s1. The van der Waals surface area contributed by atoms with Crippen molar-refractivity contribution in [3.8, 4) is 0 Å². The van der Waals surface area contributed by atoms with E-state index in [1.807, 2.05) is 60.7 Å². The van der Waals surface area contributed by atoms with Crippen molar-refractivity contribution >= 4 is 23.8 Å². The fraction of sp³-hybridized carbons (Fsp3) is 0.485. The topological polar surface area (TPSA) is 105 Å². The summed E-state index contributed by atoms with van der Waals surface area (Å²) in [4.78, 5) is 26.7. The van der Waals surface area contributed by atoms with Gasteiger partial charge in [0.15, 0.2) is 0 Å². The molecule has 208 valence electrons. The highest BCUT2D eigenvalue weighted by Crippen LogP contribution is 2.40. The minimum Gasteiger partial charge on any atom is -0.469 e. The van der Waals surface area contributed by atoms with Crippen LogP contribution in [-0.2, 0) is 20.7 Å². The van der Waals surface area contributed by atoms with Crippen molar-refractivity contribution in [2.45, 2.75) is 70.3 Å². The number of rotatable bonds is 10. The summed E-state index contributed by atoms with van der Waals surface area (Å²) < 4.78 is 5.21. The summed E-state index contributed by atoms with van der Waals surface area (Å²) in [5, 5.41) is 11.0. The van der Waals surface area contributed by atoms with Crippen LogP contribution in [0.5, 0.6) is 0 Å². The molecule has 1 amide bonds. The summed E-state index contributed by atoms with van der Waals surface area (Å²) in [7, 11) is 1.38. The number of nitrogens with two attached hydrogens (primary N) is 1. The van der Waals surface area contributed by atoms with Crippen LogP contribution in [0.3, 0.4) is 0 Å². The van der Waals surface area contributed by atoms with Crippen molar-refractivity contribution in [1.82, 2.24) is 5.32 Å². The molecular weight excluding hydrogens is 486 g/mol. The molecule has 0 bridgehead atoms. The Bertz CT molecular complexity index is 1130. The Kier molecular flexibility index (Phi) is 10.3. The molecule has 2 aromatic rings. The quantitative estimate of drug-likeness (QED) is 0.203. The van der Waals surface area contributed by atoms with Gasteiger partial charge in [0, 0.05) is 11.5 Å². The third kappa shape index (κ3) is 8.04. The third-order valence-electron chi connectivity index (χ3n) is 8.69. The fourth-order valence-electron chi connectivity index (χ4n) is 6.43. The average Bonchev–Trinajstić information content (AvgIpc) is 2.99. The van der Waals surface area contributed by atoms with E-state index in [0.29, 0.717) is 12.0 Å². The average molecular weight is 530 g/mol. The molecule has 4 N–H and O–H groups in total. The summed E-state index contributed by atoms with van der Waals surface area (Å²) in [6.07, 6.45) is 15.0. The maximum Gasteiger partial charge on any atom is 0.311 e. The number of methoxy groups -OCH3 is 1. The van der Waals surface area contributed by atoms with Crippen LogP contribution in [0.2, 0.25) is 0 Å². The van der Waals surface area contributed by atoms with E-state index in [1.165, 1.54) is 39.2 Å². The molecule has 2 aromatic carbocycles. The molecule has 0 aromatic heterocycles. The summed E-state index contributed by atoms with van der Waals surface area (Å²) in [6, 6.07) is 16.7. The normalized spacial score (nSPS) is 21.7. The second-order valence-electron chi connectivity index (χ2n) is 11.3. The van der Waals surface area contributed by atoms with Crippen molar-refractivity contribution in [1.29, 1.82) is 5.41 Å². The minimum absolute atomic E-state index is 0.0196. The van der Waals surface area contributed by atoms with Crippen LogP contribution in [0.4, 0.5) is 0 Å². The monoisotopic (exact) mass is 529 g/mol. The first-order valence-electron chi connectivity index (χ1n) is 14.5. The van der Waals surface area contributed by atoms with Crippen LogP contribution in [0.1, 0.15) is 74.5 Å². The smallest absolute Gasteiger partial charge is 0.311 e. The fourth-order valence-corrected chi connectivity index (χ4v) is 6.43. The molecule has 0 spiro atoms.